The molecule has 1 rings (SSSR count). The van der Waals surface area contributed by atoms with Crippen LogP contribution >= 0.6 is 0 Å². The Labute approximate surface area is 124 Å². The van der Waals surface area contributed by atoms with Crippen molar-refractivity contribution in [3.63, 3.8) is 0 Å². The quantitative estimate of drug-likeness (QED) is 0.581. The number of benzene rings is 1. The zero-order valence-electron chi connectivity index (χ0n) is 12.2. The predicted molar refractivity (Wildman–Crippen MR) is 78.6 cm³/mol. The molecular weight excluding hydrogens is 296 g/mol. The Morgan fingerprint density at radius 3 is 2.52 bits per heavy atom. The molecule has 1 N–H and O–H groups in total. The molecule has 8 heteroatoms. The third-order valence-corrected chi connectivity index (χ3v) is 5.19. The maximum atomic E-state index is 12.7. The Balaban J connectivity index is 3.37. The number of hydrogen-bond donors (Lipinski definition) is 1. The normalized spacial score (nSPS) is 11.8. The second-order valence-corrected chi connectivity index (χ2v) is 6.54. The minimum absolute atomic E-state index is 0.0756. The van der Waals surface area contributed by atoms with E-state index >= 15 is 0 Å². The number of unbranched alkanes of at least 4 members (excludes halogenated alkanes) is 1. The summed E-state index contributed by atoms with van der Waals surface area (Å²) in [5.74, 6) is 0. The molecule has 0 radical (unpaired) electrons. The molecule has 0 aliphatic carbocycles. The van der Waals surface area contributed by atoms with E-state index in [2.05, 4.69) is 0 Å². The lowest BCUT2D eigenvalue weighted by atomic mass is 10.2. The third-order valence-electron chi connectivity index (χ3n) is 3.10. The highest BCUT2D eigenvalue weighted by atomic mass is 32.2. The van der Waals surface area contributed by atoms with Crippen molar-refractivity contribution in [2.24, 2.45) is 0 Å². The van der Waals surface area contributed by atoms with E-state index in [1.54, 1.807) is 0 Å². The molecule has 0 aliphatic rings. The monoisotopic (exact) mass is 316 g/mol. The number of sulfonamides is 1. The lowest BCUT2D eigenvalue weighted by Gasteiger charge is -2.21. The smallest absolute Gasteiger partial charge is 0.289 e. The molecule has 0 heterocycles. The fourth-order valence-corrected chi connectivity index (χ4v) is 3.88. The van der Waals surface area contributed by atoms with Crippen molar-refractivity contribution in [2.45, 2.75) is 31.6 Å². The van der Waals surface area contributed by atoms with Crippen molar-refractivity contribution in [3.05, 3.63) is 33.9 Å². The third kappa shape index (κ3) is 3.99. The van der Waals surface area contributed by atoms with Gasteiger partial charge in [-0.3, -0.25) is 10.1 Å². The Kier molecular flexibility index (Phi) is 6.25. The molecule has 21 heavy (non-hydrogen) atoms. The molecule has 7 nitrogen and oxygen atoms in total. The average molecular weight is 316 g/mol. The lowest BCUT2D eigenvalue weighted by molar-refractivity contribution is -0.387. The summed E-state index contributed by atoms with van der Waals surface area (Å²) in [6.07, 6.45) is 1.41. The number of aliphatic hydroxyl groups is 1. The Bertz CT molecular complexity index is 601. The Morgan fingerprint density at radius 2 is 2.00 bits per heavy atom. The van der Waals surface area contributed by atoms with Gasteiger partial charge in [-0.1, -0.05) is 25.5 Å². The summed E-state index contributed by atoms with van der Waals surface area (Å²) < 4.78 is 26.5. The lowest BCUT2D eigenvalue weighted by Crippen LogP contribution is -2.35. The van der Waals surface area contributed by atoms with Gasteiger partial charge in [-0.25, -0.2) is 8.42 Å². The molecule has 0 aromatic heterocycles. The van der Waals surface area contributed by atoms with Crippen LogP contribution in [0, 0.1) is 17.0 Å². The first kappa shape index (κ1) is 17.5. The standard InChI is InChI=1S/C13H20N2O5S/c1-3-4-8-14(9-10-16)21(19,20)13-11(2)6-5-7-12(13)15(17)18/h5-7,16H,3-4,8-10H2,1-2H3. The number of nitro groups is 1. The van der Waals surface area contributed by atoms with Gasteiger partial charge in [0.2, 0.25) is 10.0 Å². The van der Waals surface area contributed by atoms with Gasteiger partial charge in [0.05, 0.1) is 11.5 Å². The van der Waals surface area contributed by atoms with Crippen LogP contribution in [0.3, 0.4) is 0 Å². The minimum atomic E-state index is -4.01. The fraction of sp³-hybridized carbons (Fsp3) is 0.538. The molecule has 0 atom stereocenters. The van der Waals surface area contributed by atoms with Crippen LogP contribution in [-0.2, 0) is 10.0 Å². The second-order valence-electron chi connectivity index (χ2n) is 4.66. The molecule has 1 aromatic carbocycles. The number of nitro benzene ring substituents is 1. The van der Waals surface area contributed by atoms with Crippen LogP contribution in [0.15, 0.2) is 23.1 Å². The second kappa shape index (κ2) is 7.48. The summed E-state index contributed by atoms with van der Waals surface area (Å²) >= 11 is 0. The summed E-state index contributed by atoms with van der Waals surface area (Å²) in [7, 11) is -4.01. The zero-order valence-corrected chi connectivity index (χ0v) is 13.0. The highest BCUT2D eigenvalue weighted by Gasteiger charge is 2.32. The molecule has 0 unspecified atom stereocenters. The van der Waals surface area contributed by atoms with Gasteiger partial charge < -0.3 is 5.11 Å². The molecule has 0 fully saturated rings. The van der Waals surface area contributed by atoms with E-state index in [4.69, 9.17) is 5.11 Å². The van der Waals surface area contributed by atoms with E-state index in [9.17, 15) is 18.5 Å². The molecule has 0 bridgehead atoms. The van der Waals surface area contributed by atoms with Crippen molar-refractivity contribution < 1.29 is 18.4 Å². The van der Waals surface area contributed by atoms with Crippen LogP contribution in [-0.4, -0.2) is 42.4 Å². The minimum Gasteiger partial charge on any atom is -0.395 e. The zero-order chi connectivity index (χ0) is 16.0. The first-order valence-electron chi connectivity index (χ1n) is 6.71. The molecule has 0 saturated heterocycles. The molecule has 118 valence electrons. The number of hydrogen-bond acceptors (Lipinski definition) is 5. The van der Waals surface area contributed by atoms with Crippen LogP contribution in [0.4, 0.5) is 5.69 Å². The highest BCUT2D eigenvalue weighted by Crippen LogP contribution is 2.29. The molecule has 0 aliphatic heterocycles. The molecular formula is C13H20N2O5S. The molecule has 0 saturated carbocycles. The summed E-state index contributed by atoms with van der Waals surface area (Å²) in [4.78, 5) is 10.1. The van der Waals surface area contributed by atoms with Crippen LogP contribution in [0.2, 0.25) is 0 Å². The van der Waals surface area contributed by atoms with Gasteiger partial charge >= 0.3 is 0 Å². The van der Waals surface area contributed by atoms with E-state index in [1.807, 2.05) is 6.92 Å². The van der Waals surface area contributed by atoms with E-state index in [-0.39, 0.29) is 24.6 Å². The van der Waals surface area contributed by atoms with Gasteiger partial charge in [-0.2, -0.15) is 4.31 Å². The van der Waals surface area contributed by atoms with Crippen LogP contribution in [0.5, 0.6) is 0 Å². The van der Waals surface area contributed by atoms with E-state index in [1.165, 1.54) is 25.1 Å². The van der Waals surface area contributed by atoms with Gasteiger partial charge in [-0.05, 0) is 18.9 Å². The number of aliphatic hydroxyl groups excluding tert-OH is 1. The van der Waals surface area contributed by atoms with Crippen molar-refractivity contribution >= 4 is 15.7 Å². The first-order chi connectivity index (χ1) is 9.86. The maximum Gasteiger partial charge on any atom is 0.289 e. The van der Waals surface area contributed by atoms with Crippen LogP contribution in [0.1, 0.15) is 25.3 Å². The van der Waals surface area contributed by atoms with E-state index < -0.39 is 20.6 Å². The fourth-order valence-electron chi connectivity index (χ4n) is 2.04. The molecule has 0 amide bonds. The van der Waals surface area contributed by atoms with Gasteiger partial charge in [0.25, 0.3) is 5.69 Å². The van der Waals surface area contributed by atoms with Gasteiger partial charge in [-0.15, -0.1) is 0 Å². The summed E-state index contributed by atoms with van der Waals surface area (Å²) in [5, 5.41) is 20.1. The Hall–Kier alpha value is -1.51. The van der Waals surface area contributed by atoms with Gasteiger partial charge in [0.1, 0.15) is 0 Å². The molecule has 1 aromatic rings. The SMILES string of the molecule is CCCCN(CCO)S(=O)(=O)c1c(C)cccc1[N+](=O)[O-]. The van der Waals surface area contributed by atoms with Gasteiger partial charge in [0.15, 0.2) is 4.90 Å². The predicted octanol–water partition coefficient (Wildman–Crippen LogP) is 1.69. The van der Waals surface area contributed by atoms with Crippen molar-refractivity contribution in [2.75, 3.05) is 19.7 Å². The van der Waals surface area contributed by atoms with Gasteiger partial charge in [0, 0.05) is 19.2 Å². The highest BCUT2D eigenvalue weighted by molar-refractivity contribution is 7.89. The number of nitrogens with zero attached hydrogens (tertiary/aromatic N) is 2. The van der Waals surface area contributed by atoms with E-state index in [0.717, 1.165) is 10.7 Å². The number of aryl methyl sites for hydroxylation is 1. The Morgan fingerprint density at radius 1 is 1.33 bits per heavy atom. The summed E-state index contributed by atoms with van der Waals surface area (Å²) in [5.41, 5.74) is -0.113. The van der Waals surface area contributed by atoms with E-state index in [0.29, 0.717) is 12.0 Å². The van der Waals surface area contributed by atoms with Crippen molar-refractivity contribution in [3.8, 4) is 0 Å². The maximum absolute atomic E-state index is 12.7. The van der Waals surface area contributed by atoms with Crippen molar-refractivity contribution in [1.29, 1.82) is 0 Å². The topological polar surface area (TPSA) is 101 Å². The first-order valence-corrected chi connectivity index (χ1v) is 8.15. The largest absolute Gasteiger partial charge is 0.395 e. The van der Waals surface area contributed by atoms with Crippen LogP contribution < -0.4 is 0 Å². The van der Waals surface area contributed by atoms with Crippen LogP contribution in [0.25, 0.3) is 0 Å². The summed E-state index contributed by atoms with van der Waals surface area (Å²) in [6, 6.07) is 4.16. The average Bonchev–Trinajstić information content (AvgIpc) is 2.42. The molecule has 0 spiro atoms. The summed E-state index contributed by atoms with van der Waals surface area (Å²) in [6.45, 7) is 3.26. The number of rotatable bonds is 8. The van der Waals surface area contributed by atoms with Crippen molar-refractivity contribution in [1.82, 2.24) is 4.31 Å².